The largest absolute Gasteiger partial charge is 0.465 e. The molecular weight excluding hydrogens is 412 g/mol. The highest BCUT2D eigenvalue weighted by molar-refractivity contribution is 6.08. The van der Waals surface area contributed by atoms with E-state index in [1.54, 1.807) is 12.3 Å². The van der Waals surface area contributed by atoms with Crippen molar-refractivity contribution in [3.63, 3.8) is 0 Å². The summed E-state index contributed by atoms with van der Waals surface area (Å²) in [7, 11) is 2.42. The van der Waals surface area contributed by atoms with Gasteiger partial charge in [0.05, 0.1) is 37.6 Å². The molecule has 1 aromatic heterocycles. The molecule has 1 amide bonds. The maximum atomic E-state index is 12.9. The molecule has 0 spiro atoms. The number of carbonyl (C=O) groups is 3. The molecule has 0 atom stereocenters. The molecule has 1 N–H and O–H groups in total. The van der Waals surface area contributed by atoms with Crippen LogP contribution in [0.4, 0.5) is 5.69 Å². The molecule has 2 aromatic carbocycles. The number of esters is 2. The molecule has 1 heterocycles. The zero-order valence-corrected chi connectivity index (χ0v) is 17.9. The fourth-order valence-electron chi connectivity index (χ4n) is 3.21. The van der Waals surface area contributed by atoms with Gasteiger partial charge < -0.3 is 19.4 Å². The second-order valence-electron chi connectivity index (χ2n) is 7.04. The van der Waals surface area contributed by atoms with Gasteiger partial charge in [-0.05, 0) is 42.8 Å². The molecule has 8 heteroatoms. The molecular formula is C24H22N2O6. The van der Waals surface area contributed by atoms with E-state index in [-0.39, 0.29) is 22.4 Å². The Bertz CT molecular complexity index is 1250. The SMILES string of the molecule is COC(=O)c1ccc(C(=O)OC)c(NC(=O)c2cccn(Cc3cccc(C)c3)c2=O)c1. The maximum Gasteiger partial charge on any atom is 0.339 e. The number of nitrogens with one attached hydrogen (secondary N) is 1. The molecule has 3 rings (SSSR count). The highest BCUT2D eigenvalue weighted by atomic mass is 16.5. The molecule has 0 unspecified atom stereocenters. The maximum absolute atomic E-state index is 12.9. The first-order valence-corrected chi connectivity index (χ1v) is 9.71. The lowest BCUT2D eigenvalue weighted by Gasteiger charge is -2.12. The lowest BCUT2D eigenvalue weighted by atomic mass is 10.1. The van der Waals surface area contributed by atoms with Gasteiger partial charge in [0.1, 0.15) is 5.56 Å². The number of carbonyl (C=O) groups excluding carboxylic acids is 3. The molecule has 0 radical (unpaired) electrons. The van der Waals surface area contributed by atoms with Crippen LogP contribution in [0, 0.1) is 6.92 Å². The molecule has 0 saturated heterocycles. The number of hydrogen-bond acceptors (Lipinski definition) is 6. The monoisotopic (exact) mass is 434 g/mol. The van der Waals surface area contributed by atoms with Crippen LogP contribution in [0.5, 0.6) is 0 Å². The summed E-state index contributed by atoms with van der Waals surface area (Å²) in [6, 6.07) is 14.7. The predicted octanol–water partition coefficient (Wildman–Crippen LogP) is 3.03. The minimum atomic E-state index is -0.722. The summed E-state index contributed by atoms with van der Waals surface area (Å²) < 4.78 is 10.9. The summed E-state index contributed by atoms with van der Waals surface area (Å²) in [6.45, 7) is 2.25. The predicted molar refractivity (Wildman–Crippen MR) is 118 cm³/mol. The first kappa shape index (κ1) is 22.5. The zero-order valence-electron chi connectivity index (χ0n) is 17.9. The van der Waals surface area contributed by atoms with Gasteiger partial charge in [-0.1, -0.05) is 29.8 Å². The van der Waals surface area contributed by atoms with Crippen LogP contribution < -0.4 is 10.9 Å². The van der Waals surface area contributed by atoms with Crippen molar-refractivity contribution in [3.05, 3.63) is 99.0 Å². The minimum absolute atomic E-state index is 0.0261. The first-order chi connectivity index (χ1) is 15.3. The van der Waals surface area contributed by atoms with E-state index in [4.69, 9.17) is 4.74 Å². The average molecular weight is 434 g/mol. The van der Waals surface area contributed by atoms with Crippen LogP contribution in [-0.2, 0) is 16.0 Å². The first-order valence-electron chi connectivity index (χ1n) is 9.71. The third-order valence-electron chi connectivity index (χ3n) is 4.79. The van der Waals surface area contributed by atoms with E-state index in [0.717, 1.165) is 11.1 Å². The third-order valence-corrected chi connectivity index (χ3v) is 4.79. The number of benzene rings is 2. The van der Waals surface area contributed by atoms with Crippen molar-refractivity contribution in [2.75, 3.05) is 19.5 Å². The molecule has 0 aliphatic carbocycles. The number of pyridine rings is 1. The van der Waals surface area contributed by atoms with E-state index >= 15 is 0 Å². The Morgan fingerprint density at radius 1 is 0.906 bits per heavy atom. The second kappa shape index (κ2) is 9.74. The van der Waals surface area contributed by atoms with Crippen molar-refractivity contribution in [1.29, 1.82) is 0 Å². The van der Waals surface area contributed by atoms with E-state index < -0.39 is 23.4 Å². The summed E-state index contributed by atoms with van der Waals surface area (Å²) in [4.78, 5) is 49.8. The topological polar surface area (TPSA) is 104 Å². The fourth-order valence-corrected chi connectivity index (χ4v) is 3.21. The van der Waals surface area contributed by atoms with Crippen LogP contribution >= 0.6 is 0 Å². The van der Waals surface area contributed by atoms with Gasteiger partial charge in [-0.2, -0.15) is 0 Å². The summed E-state index contributed by atoms with van der Waals surface area (Å²) >= 11 is 0. The molecule has 3 aromatic rings. The van der Waals surface area contributed by atoms with Crippen molar-refractivity contribution in [3.8, 4) is 0 Å². The van der Waals surface area contributed by atoms with Crippen molar-refractivity contribution in [1.82, 2.24) is 4.57 Å². The lowest BCUT2D eigenvalue weighted by molar-refractivity contribution is 0.0587. The second-order valence-corrected chi connectivity index (χ2v) is 7.04. The number of methoxy groups -OCH3 is 2. The molecule has 32 heavy (non-hydrogen) atoms. The van der Waals surface area contributed by atoms with Gasteiger partial charge in [-0.15, -0.1) is 0 Å². The molecule has 0 saturated carbocycles. The number of hydrogen-bond donors (Lipinski definition) is 1. The normalized spacial score (nSPS) is 10.3. The average Bonchev–Trinajstić information content (AvgIpc) is 2.79. The van der Waals surface area contributed by atoms with Gasteiger partial charge in [-0.3, -0.25) is 9.59 Å². The van der Waals surface area contributed by atoms with Gasteiger partial charge in [0, 0.05) is 6.20 Å². The molecule has 0 fully saturated rings. The number of rotatable bonds is 6. The number of ether oxygens (including phenoxy) is 2. The van der Waals surface area contributed by atoms with Gasteiger partial charge in [0.25, 0.3) is 11.5 Å². The Labute approximate surface area is 184 Å². The number of aryl methyl sites for hydroxylation is 1. The molecule has 0 bridgehead atoms. The Morgan fingerprint density at radius 3 is 2.34 bits per heavy atom. The highest BCUT2D eigenvalue weighted by Gasteiger charge is 2.19. The van der Waals surface area contributed by atoms with Crippen LogP contribution in [-0.4, -0.2) is 36.6 Å². The molecule has 164 valence electrons. The van der Waals surface area contributed by atoms with Gasteiger partial charge >= 0.3 is 11.9 Å². The van der Waals surface area contributed by atoms with E-state index in [1.807, 2.05) is 31.2 Å². The van der Waals surface area contributed by atoms with Crippen LogP contribution in [0.2, 0.25) is 0 Å². The zero-order chi connectivity index (χ0) is 23.3. The summed E-state index contributed by atoms with van der Waals surface area (Å²) in [5.41, 5.74) is 1.56. The van der Waals surface area contributed by atoms with E-state index in [2.05, 4.69) is 10.1 Å². The van der Waals surface area contributed by atoms with Crippen molar-refractivity contribution < 1.29 is 23.9 Å². The molecule has 0 aliphatic heterocycles. The fraction of sp³-hybridized carbons (Fsp3) is 0.167. The van der Waals surface area contributed by atoms with Crippen LogP contribution in [0.15, 0.2) is 65.6 Å². The smallest absolute Gasteiger partial charge is 0.339 e. The quantitative estimate of drug-likeness (QED) is 0.598. The Kier molecular flexibility index (Phi) is 6.84. The van der Waals surface area contributed by atoms with Gasteiger partial charge in [0.2, 0.25) is 0 Å². The Hall–Kier alpha value is -4.20. The van der Waals surface area contributed by atoms with E-state index in [1.165, 1.54) is 43.1 Å². The molecule has 0 aliphatic rings. The summed E-state index contributed by atoms with van der Waals surface area (Å²) in [5, 5.41) is 2.54. The van der Waals surface area contributed by atoms with E-state index in [0.29, 0.717) is 6.54 Å². The Morgan fingerprint density at radius 2 is 1.66 bits per heavy atom. The van der Waals surface area contributed by atoms with Crippen LogP contribution in [0.25, 0.3) is 0 Å². The lowest BCUT2D eigenvalue weighted by Crippen LogP contribution is -2.29. The van der Waals surface area contributed by atoms with Gasteiger partial charge in [0.15, 0.2) is 0 Å². The summed E-state index contributed by atoms with van der Waals surface area (Å²) in [6.07, 6.45) is 1.60. The number of anilines is 1. The Balaban J connectivity index is 1.94. The number of aromatic nitrogens is 1. The standard InChI is InChI=1S/C24H22N2O6/c1-15-6-4-7-16(12-15)14-26-11-5-8-19(22(26)28)21(27)25-20-13-17(23(29)31-2)9-10-18(20)24(30)32-3/h4-13H,14H2,1-3H3,(H,25,27). The summed E-state index contributed by atoms with van der Waals surface area (Å²) in [5.74, 6) is -2.07. The van der Waals surface area contributed by atoms with Crippen molar-refractivity contribution >= 4 is 23.5 Å². The van der Waals surface area contributed by atoms with Crippen LogP contribution in [0.3, 0.4) is 0 Å². The highest BCUT2D eigenvalue weighted by Crippen LogP contribution is 2.20. The van der Waals surface area contributed by atoms with Crippen molar-refractivity contribution in [2.45, 2.75) is 13.5 Å². The van der Waals surface area contributed by atoms with Crippen LogP contribution in [0.1, 0.15) is 42.2 Å². The number of nitrogens with zero attached hydrogens (tertiary/aromatic N) is 1. The van der Waals surface area contributed by atoms with Gasteiger partial charge in [-0.25, -0.2) is 9.59 Å². The number of amides is 1. The van der Waals surface area contributed by atoms with Crippen molar-refractivity contribution in [2.24, 2.45) is 0 Å². The third kappa shape index (κ3) is 4.92. The minimum Gasteiger partial charge on any atom is -0.465 e. The van der Waals surface area contributed by atoms with E-state index in [9.17, 15) is 19.2 Å². The molecule has 8 nitrogen and oxygen atoms in total.